The lowest BCUT2D eigenvalue weighted by Gasteiger charge is -2.16. The average molecular weight is 352 g/mol. The van der Waals surface area contributed by atoms with E-state index < -0.39 is 6.04 Å². The third-order valence-electron chi connectivity index (χ3n) is 4.12. The number of benzene rings is 2. The molecule has 0 fully saturated rings. The van der Waals surface area contributed by atoms with Crippen molar-refractivity contribution in [3.05, 3.63) is 65.0 Å². The number of urea groups is 1. The molecule has 0 bridgehead atoms. The summed E-state index contributed by atoms with van der Waals surface area (Å²) in [5.41, 5.74) is 2.68. The summed E-state index contributed by atoms with van der Waals surface area (Å²) in [6.45, 7) is 2.37. The Morgan fingerprint density at radius 2 is 1.85 bits per heavy atom. The first-order chi connectivity index (χ1) is 12.5. The summed E-state index contributed by atoms with van der Waals surface area (Å²) in [4.78, 5) is 25.9. The number of carbonyl (C=O) groups is 2. The van der Waals surface area contributed by atoms with Gasteiger partial charge in [-0.05, 0) is 54.4 Å². The highest BCUT2D eigenvalue weighted by molar-refractivity contribution is 5.95. The molecule has 2 aromatic carbocycles. The molecule has 1 atom stereocenters. The summed E-state index contributed by atoms with van der Waals surface area (Å²) >= 11 is 0. The average Bonchev–Trinajstić information content (AvgIpc) is 3.05. The number of nitrogens with zero attached hydrogens (tertiary/aromatic N) is 2. The Bertz CT molecular complexity index is 889. The fourth-order valence-corrected chi connectivity index (χ4v) is 2.73. The molecule has 7 heteroatoms. The molecule has 1 unspecified atom stereocenters. The quantitative estimate of drug-likeness (QED) is 0.890. The Hall–Kier alpha value is -3.40. The van der Waals surface area contributed by atoms with Gasteiger partial charge in [-0.1, -0.05) is 6.07 Å². The summed E-state index contributed by atoms with van der Waals surface area (Å²) in [6.07, 6.45) is 0. The Morgan fingerprint density at radius 3 is 2.54 bits per heavy atom. The molecular formula is C19H17FN4O2. The largest absolute Gasteiger partial charge is 0.337 e. The molecule has 0 aliphatic carbocycles. The van der Waals surface area contributed by atoms with Crippen LogP contribution in [0.15, 0.2) is 42.5 Å². The number of nitrogens with one attached hydrogen (secondary N) is 2. The monoisotopic (exact) mass is 352 g/mol. The number of hydrogen-bond donors (Lipinski definition) is 2. The summed E-state index contributed by atoms with van der Waals surface area (Å²) in [7, 11) is 0. The second kappa shape index (κ2) is 7.23. The fourth-order valence-electron chi connectivity index (χ4n) is 2.73. The van der Waals surface area contributed by atoms with Crippen molar-refractivity contribution in [3.8, 4) is 6.07 Å². The summed E-state index contributed by atoms with van der Waals surface area (Å²) < 4.78 is 13.3. The van der Waals surface area contributed by atoms with E-state index in [0.29, 0.717) is 24.3 Å². The maximum atomic E-state index is 13.3. The van der Waals surface area contributed by atoms with Gasteiger partial charge in [-0.3, -0.25) is 4.79 Å². The van der Waals surface area contributed by atoms with E-state index in [9.17, 15) is 14.0 Å². The number of amides is 3. The molecule has 1 heterocycles. The molecule has 6 nitrogen and oxygen atoms in total. The molecule has 1 aliphatic rings. The fraction of sp³-hybridized carbons (Fsp3) is 0.211. The van der Waals surface area contributed by atoms with Crippen LogP contribution in [0.2, 0.25) is 0 Å². The van der Waals surface area contributed by atoms with E-state index in [4.69, 9.17) is 5.26 Å². The van der Waals surface area contributed by atoms with Crippen molar-refractivity contribution >= 4 is 17.6 Å². The lowest BCUT2D eigenvalue weighted by atomic mass is 10.1. The predicted molar refractivity (Wildman–Crippen MR) is 93.6 cm³/mol. The second-order valence-electron chi connectivity index (χ2n) is 6.10. The highest BCUT2D eigenvalue weighted by Gasteiger charge is 2.23. The van der Waals surface area contributed by atoms with Crippen molar-refractivity contribution in [2.45, 2.75) is 26.1 Å². The summed E-state index contributed by atoms with van der Waals surface area (Å²) in [5, 5.41) is 14.0. The first kappa shape index (κ1) is 17.4. The minimum Gasteiger partial charge on any atom is -0.337 e. The van der Waals surface area contributed by atoms with Gasteiger partial charge < -0.3 is 15.5 Å². The van der Waals surface area contributed by atoms with Gasteiger partial charge in [0.1, 0.15) is 11.9 Å². The van der Waals surface area contributed by atoms with Gasteiger partial charge in [-0.25, -0.2) is 9.18 Å². The molecule has 1 aliphatic heterocycles. The molecule has 132 valence electrons. The van der Waals surface area contributed by atoms with E-state index in [-0.39, 0.29) is 17.8 Å². The third kappa shape index (κ3) is 3.81. The van der Waals surface area contributed by atoms with Crippen LogP contribution in [-0.2, 0) is 13.1 Å². The highest BCUT2D eigenvalue weighted by Crippen LogP contribution is 2.24. The lowest BCUT2D eigenvalue weighted by Crippen LogP contribution is -2.31. The Labute approximate surface area is 150 Å². The van der Waals surface area contributed by atoms with E-state index in [1.165, 1.54) is 12.1 Å². The molecular weight excluding hydrogens is 335 g/mol. The third-order valence-corrected chi connectivity index (χ3v) is 4.12. The van der Waals surface area contributed by atoms with Gasteiger partial charge in [0.25, 0.3) is 5.91 Å². The van der Waals surface area contributed by atoms with Gasteiger partial charge in [0, 0.05) is 24.3 Å². The van der Waals surface area contributed by atoms with E-state index in [2.05, 4.69) is 10.6 Å². The molecule has 0 radical (unpaired) electrons. The van der Waals surface area contributed by atoms with Crippen molar-refractivity contribution < 1.29 is 14.0 Å². The van der Waals surface area contributed by atoms with E-state index in [1.807, 2.05) is 6.07 Å². The van der Waals surface area contributed by atoms with Crippen LogP contribution in [0.1, 0.15) is 28.4 Å². The lowest BCUT2D eigenvalue weighted by molar-refractivity contribution is 0.0948. The number of nitriles is 1. The van der Waals surface area contributed by atoms with Crippen LogP contribution >= 0.6 is 0 Å². The van der Waals surface area contributed by atoms with Gasteiger partial charge >= 0.3 is 6.03 Å². The standard InChI is InChI=1S/C19H17FN4O2/c1-12(9-21)22-18(25)13-3-6-17(7-4-13)23-19(26)24-10-14-2-5-16(20)8-15(14)11-24/h2-8,12H,10-11H2,1H3,(H,22,25)(H,23,26). The minimum absolute atomic E-state index is 0.295. The zero-order chi connectivity index (χ0) is 18.7. The first-order valence-corrected chi connectivity index (χ1v) is 8.10. The Morgan fingerprint density at radius 1 is 1.15 bits per heavy atom. The SMILES string of the molecule is CC(C#N)NC(=O)c1ccc(NC(=O)N2Cc3ccc(F)cc3C2)cc1. The predicted octanol–water partition coefficient (Wildman–Crippen LogP) is 3.02. The van der Waals surface area contributed by atoms with Gasteiger partial charge in [0.05, 0.1) is 6.07 Å². The molecule has 3 amide bonds. The molecule has 0 aromatic heterocycles. The Kier molecular flexibility index (Phi) is 4.85. The van der Waals surface area contributed by atoms with Crippen molar-refractivity contribution in [2.75, 3.05) is 5.32 Å². The van der Waals surface area contributed by atoms with Crippen LogP contribution in [0.3, 0.4) is 0 Å². The number of fused-ring (bicyclic) bond motifs is 1. The van der Waals surface area contributed by atoms with Gasteiger partial charge in [0.2, 0.25) is 0 Å². The number of carbonyl (C=O) groups excluding carboxylic acids is 2. The molecule has 0 spiro atoms. The van der Waals surface area contributed by atoms with Gasteiger partial charge in [0.15, 0.2) is 0 Å². The maximum Gasteiger partial charge on any atom is 0.322 e. The van der Waals surface area contributed by atoms with Crippen LogP contribution < -0.4 is 10.6 Å². The van der Waals surface area contributed by atoms with Gasteiger partial charge in [-0.2, -0.15) is 5.26 Å². The van der Waals surface area contributed by atoms with Crippen LogP contribution in [0.4, 0.5) is 14.9 Å². The maximum absolute atomic E-state index is 13.3. The zero-order valence-electron chi connectivity index (χ0n) is 14.1. The van der Waals surface area contributed by atoms with E-state index in [1.54, 1.807) is 42.2 Å². The molecule has 0 saturated heterocycles. The molecule has 0 saturated carbocycles. The van der Waals surface area contributed by atoms with E-state index in [0.717, 1.165) is 11.1 Å². The second-order valence-corrected chi connectivity index (χ2v) is 6.10. The highest BCUT2D eigenvalue weighted by atomic mass is 19.1. The van der Waals surface area contributed by atoms with E-state index >= 15 is 0 Å². The van der Waals surface area contributed by atoms with Crippen LogP contribution in [0.5, 0.6) is 0 Å². The number of rotatable bonds is 3. The number of hydrogen-bond acceptors (Lipinski definition) is 3. The number of anilines is 1. The summed E-state index contributed by atoms with van der Waals surface area (Å²) in [5.74, 6) is -0.667. The topological polar surface area (TPSA) is 85.2 Å². The normalized spacial score (nSPS) is 13.5. The molecule has 2 N–H and O–H groups in total. The minimum atomic E-state index is -0.580. The smallest absolute Gasteiger partial charge is 0.322 e. The first-order valence-electron chi connectivity index (χ1n) is 8.10. The Balaban J connectivity index is 1.60. The van der Waals surface area contributed by atoms with Crippen molar-refractivity contribution in [2.24, 2.45) is 0 Å². The van der Waals surface area contributed by atoms with Crippen molar-refractivity contribution in [3.63, 3.8) is 0 Å². The van der Waals surface area contributed by atoms with Crippen molar-refractivity contribution in [1.29, 1.82) is 5.26 Å². The van der Waals surface area contributed by atoms with Crippen LogP contribution in [0.25, 0.3) is 0 Å². The molecule has 2 aromatic rings. The summed E-state index contributed by atoms with van der Waals surface area (Å²) in [6, 6.07) is 12.0. The van der Waals surface area contributed by atoms with Gasteiger partial charge in [-0.15, -0.1) is 0 Å². The number of halogens is 1. The molecule has 3 rings (SSSR count). The van der Waals surface area contributed by atoms with Crippen LogP contribution in [-0.4, -0.2) is 22.9 Å². The van der Waals surface area contributed by atoms with Crippen LogP contribution in [0, 0.1) is 17.1 Å². The van der Waals surface area contributed by atoms with Crippen molar-refractivity contribution in [1.82, 2.24) is 10.2 Å². The molecule has 26 heavy (non-hydrogen) atoms. The zero-order valence-corrected chi connectivity index (χ0v) is 14.1.